The highest BCUT2D eigenvalue weighted by atomic mass is 16.2. The zero-order chi connectivity index (χ0) is 14.8. The lowest BCUT2D eigenvalue weighted by atomic mass is 10.1. The van der Waals surface area contributed by atoms with E-state index in [1.165, 1.54) is 12.0 Å². The molecule has 1 saturated heterocycles. The zero-order valence-corrected chi connectivity index (χ0v) is 12.5. The highest BCUT2D eigenvalue weighted by Gasteiger charge is 2.17. The summed E-state index contributed by atoms with van der Waals surface area (Å²) in [6, 6.07) is 6.08. The number of rotatable bonds is 3. The number of hydrogen-bond acceptors (Lipinski definition) is 3. The first kappa shape index (κ1) is 13.9. The number of nitrogen functional groups attached to an aromatic ring is 1. The number of carbonyl (C=O) groups is 1. The van der Waals surface area contributed by atoms with Crippen LogP contribution in [0, 0.1) is 6.92 Å². The van der Waals surface area contributed by atoms with Gasteiger partial charge in [-0.2, -0.15) is 0 Å². The predicted octanol–water partition coefficient (Wildman–Crippen LogP) is 2.33. The number of likely N-dealkylation sites (tertiary alicyclic amines) is 1. The molecule has 1 aliphatic rings. The number of aromatic nitrogens is 2. The molecule has 1 aromatic heterocycles. The highest BCUT2D eigenvalue weighted by molar-refractivity contribution is 5.80. The number of aryl methyl sites for hydroxylation is 2. The van der Waals surface area contributed by atoms with E-state index in [0.29, 0.717) is 18.9 Å². The van der Waals surface area contributed by atoms with Crippen molar-refractivity contribution in [3.05, 3.63) is 23.8 Å². The van der Waals surface area contributed by atoms with Gasteiger partial charge in [0.25, 0.3) is 0 Å². The van der Waals surface area contributed by atoms with Crippen LogP contribution in [0.15, 0.2) is 18.2 Å². The summed E-state index contributed by atoms with van der Waals surface area (Å²) >= 11 is 0. The van der Waals surface area contributed by atoms with Crippen molar-refractivity contribution in [2.24, 2.45) is 0 Å². The van der Waals surface area contributed by atoms with Gasteiger partial charge in [-0.15, -0.1) is 0 Å². The van der Waals surface area contributed by atoms with Crippen LogP contribution in [-0.4, -0.2) is 33.4 Å². The number of imidazole rings is 1. The van der Waals surface area contributed by atoms with Gasteiger partial charge in [-0.05, 0) is 43.9 Å². The third-order valence-corrected chi connectivity index (χ3v) is 4.19. The van der Waals surface area contributed by atoms with Crippen LogP contribution in [0.5, 0.6) is 0 Å². The van der Waals surface area contributed by atoms with E-state index in [1.54, 1.807) is 0 Å². The number of hydrogen-bond donors (Lipinski definition) is 1. The molecule has 2 N–H and O–H groups in total. The molecule has 1 aromatic carbocycles. The maximum atomic E-state index is 12.3. The molecule has 21 heavy (non-hydrogen) atoms. The largest absolute Gasteiger partial charge is 0.369 e. The van der Waals surface area contributed by atoms with E-state index in [0.717, 1.165) is 37.0 Å². The summed E-state index contributed by atoms with van der Waals surface area (Å²) in [6.07, 6.45) is 3.98. The van der Waals surface area contributed by atoms with Crippen LogP contribution in [-0.2, 0) is 11.3 Å². The molecule has 1 aliphatic heterocycles. The summed E-state index contributed by atoms with van der Waals surface area (Å²) in [7, 11) is 0. The summed E-state index contributed by atoms with van der Waals surface area (Å²) < 4.78 is 1.95. The van der Waals surface area contributed by atoms with Crippen LogP contribution < -0.4 is 5.73 Å². The maximum Gasteiger partial charge on any atom is 0.224 e. The van der Waals surface area contributed by atoms with E-state index in [-0.39, 0.29) is 5.91 Å². The summed E-state index contributed by atoms with van der Waals surface area (Å²) in [5.74, 6) is 0.714. The molecule has 5 nitrogen and oxygen atoms in total. The molecule has 0 saturated carbocycles. The second-order valence-electron chi connectivity index (χ2n) is 5.81. The van der Waals surface area contributed by atoms with Crippen LogP contribution in [0.4, 0.5) is 5.95 Å². The predicted molar refractivity (Wildman–Crippen MR) is 83.9 cm³/mol. The van der Waals surface area contributed by atoms with Gasteiger partial charge in [0.15, 0.2) is 0 Å². The summed E-state index contributed by atoms with van der Waals surface area (Å²) in [4.78, 5) is 18.6. The normalized spacial score (nSPS) is 15.6. The fourth-order valence-electron chi connectivity index (χ4n) is 3.00. The minimum absolute atomic E-state index is 0.226. The van der Waals surface area contributed by atoms with Gasteiger partial charge < -0.3 is 15.2 Å². The van der Waals surface area contributed by atoms with Crippen molar-refractivity contribution >= 4 is 22.9 Å². The number of benzene rings is 1. The van der Waals surface area contributed by atoms with Gasteiger partial charge >= 0.3 is 0 Å². The van der Waals surface area contributed by atoms with Gasteiger partial charge in [0, 0.05) is 26.1 Å². The second kappa shape index (κ2) is 5.76. The second-order valence-corrected chi connectivity index (χ2v) is 5.81. The highest BCUT2D eigenvalue weighted by Crippen LogP contribution is 2.20. The Balaban J connectivity index is 1.74. The molecule has 1 fully saturated rings. The van der Waals surface area contributed by atoms with Crippen molar-refractivity contribution in [3.8, 4) is 0 Å². The number of amides is 1. The van der Waals surface area contributed by atoms with Crippen LogP contribution in [0.2, 0.25) is 0 Å². The fourth-order valence-corrected chi connectivity index (χ4v) is 3.00. The Hall–Kier alpha value is -2.04. The maximum absolute atomic E-state index is 12.3. The average molecular weight is 286 g/mol. The molecule has 0 unspecified atom stereocenters. The Labute approximate surface area is 124 Å². The third kappa shape index (κ3) is 2.86. The lowest BCUT2D eigenvalue weighted by molar-refractivity contribution is -0.132. The van der Waals surface area contributed by atoms with E-state index in [1.807, 2.05) is 28.5 Å². The van der Waals surface area contributed by atoms with Crippen molar-refractivity contribution in [3.63, 3.8) is 0 Å². The summed E-state index contributed by atoms with van der Waals surface area (Å²) in [5.41, 5.74) is 9.07. The molecule has 0 spiro atoms. The van der Waals surface area contributed by atoms with E-state index < -0.39 is 0 Å². The molecule has 5 heteroatoms. The Bertz CT molecular complexity index is 656. The fraction of sp³-hybridized carbons (Fsp3) is 0.500. The molecule has 2 heterocycles. The first-order valence-corrected chi connectivity index (χ1v) is 7.65. The van der Waals surface area contributed by atoms with E-state index in [9.17, 15) is 4.79 Å². The number of piperidine rings is 1. The number of carbonyl (C=O) groups excluding carboxylic acids is 1. The molecule has 0 aliphatic carbocycles. The number of anilines is 1. The molecule has 3 rings (SSSR count). The van der Waals surface area contributed by atoms with Crippen LogP contribution in [0.25, 0.3) is 11.0 Å². The number of fused-ring (bicyclic) bond motifs is 1. The number of nitrogens with zero attached hydrogens (tertiary/aromatic N) is 3. The van der Waals surface area contributed by atoms with Gasteiger partial charge in [-0.1, -0.05) is 6.07 Å². The molecular formula is C16H22N4O. The van der Waals surface area contributed by atoms with E-state index >= 15 is 0 Å². The Kier molecular flexibility index (Phi) is 3.82. The van der Waals surface area contributed by atoms with Crippen molar-refractivity contribution in [2.45, 2.75) is 39.2 Å². The first-order chi connectivity index (χ1) is 10.1. The number of nitrogens with two attached hydrogens (primary N) is 1. The van der Waals surface area contributed by atoms with Crippen LogP contribution in [0.3, 0.4) is 0 Å². The minimum Gasteiger partial charge on any atom is -0.369 e. The zero-order valence-electron chi connectivity index (χ0n) is 12.5. The Morgan fingerprint density at radius 2 is 2.05 bits per heavy atom. The average Bonchev–Trinajstić information content (AvgIpc) is 2.80. The van der Waals surface area contributed by atoms with Gasteiger partial charge in [-0.25, -0.2) is 4.98 Å². The van der Waals surface area contributed by atoms with Crippen molar-refractivity contribution in [2.75, 3.05) is 18.8 Å². The van der Waals surface area contributed by atoms with E-state index in [4.69, 9.17) is 5.73 Å². The molecule has 0 bridgehead atoms. The monoisotopic (exact) mass is 286 g/mol. The molecule has 0 atom stereocenters. The standard InChI is InChI=1S/C16H22N4O/c1-12-5-6-13-14(11-12)20(16(17)18-13)10-7-15(21)19-8-3-2-4-9-19/h5-6,11H,2-4,7-10H2,1H3,(H2,17,18). The van der Waals surface area contributed by atoms with Crippen LogP contribution in [0.1, 0.15) is 31.2 Å². The molecule has 112 valence electrons. The Morgan fingerprint density at radius 3 is 2.81 bits per heavy atom. The quantitative estimate of drug-likeness (QED) is 0.942. The summed E-state index contributed by atoms with van der Waals surface area (Å²) in [5, 5.41) is 0. The lowest BCUT2D eigenvalue weighted by Gasteiger charge is -2.26. The molecule has 0 radical (unpaired) electrons. The molecule has 1 amide bonds. The van der Waals surface area contributed by atoms with Crippen molar-refractivity contribution in [1.29, 1.82) is 0 Å². The lowest BCUT2D eigenvalue weighted by Crippen LogP contribution is -2.36. The van der Waals surface area contributed by atoms with Crippen LogP contribution >= 0.6 is 0 Å². The Morgan fingerprint density at radius 1 is 1.29 bits per heavy atom. The van der Waals surface area contributed by atoms with Gasteiger partial charge in [-0.3, -0.25) is 4.79 Å². The molecular weight excluding hydrogens is 264 g/mol. The van der Waals surface area contributed by atoms with E-state index in [2.05, 4.69) is 11.1 Å². The summed E-state index contributed by atoms with van der Waals surface area (Å²) in [6.45, 7) is 4.45. The van der Waals surface area contributed by atoms with Gasteiger partial charge in [0.05, 0.1) is 11.0 Å². The van der Waals surface area contributed by atoms with Gasteiger partial charge in [0.2, 0.25) is 11.9 Å². The van der Waals surface area contributed by atoms with Crippen molar-refractivity contribution in [1.82, 2.24) is 14.5 Å². The minimum atomic E-state index is 0.226. The first-order valence-electron chi connectivity index (χ1n) is 7.65. The van der Waals surface area contributed by atoms with Crippen molar-refractivity contribution < 1.29 is 4.79 Å². The topological polar surface area (TPSA) is 64.1 Å². The smallest absolute Gasteiger partial charge is 0.224 e. The molecule has 2 aromatic rings. The van der Waals surface area contributed by atoms with Gasteiger partial charge in [0.1, 0.15) is 0 Å². The SMILES string of the molecule is Cc1ccc2nc(N)n(CCC(=O)N3CCCCC3)c2c1. The third-order valence-electron chi connectivity index (χ3n) is 4.19.